The third-order valence-electron chi connectivity index (χ3n) is 6.58. The minimum atomic E-state index is 0.507. The largest absolute Gasteiger partial charge is 0.0839 e. The number of aryl methyl sites for hydroxylation is 1. The van der Waals surface area contributed by atoms with Crippen molar-refractivity contribution in [2.45, 2.75) is 39.5 Å². The molecule has 0 amide bonds. The molecule has 0 heteroatoms. The van der Waals surface area contributed by atoms with E-state index in [4.69, 9.17) is 0 Å². The van der Waals surface area contributed by atoms with Crippen molar-refractivity contribution in [2.75, 3.05) is 0 Å². The summed E-state index contributed by atoms with van der Waals surface area (Å²) in [6.07, 6.45) is 19.2. The molecule has 0 fully saturated rings. The Kier molecular flexibility index (Phi) is 3.74. The van der Waals surface area contributed by atoms with Gasteiger partial charge in [-0.25, -0.2) is 0 Å². The van der Waals surface area contributed by atoms with Gasteiger partial charge < -0.3 is 0 Å². The molecule has 1 aromatic carbocycles. The summed E-state index contributed by atoms with van der Waals surface area (Å²) in [4.78, 5) is 0. The molecule has 4 aliphatic carbocycles. The molecule has 2 atom stereocenters. The molecule has 2 unspecified atom stereocenters. The summed E-state index contributed by atoms with van der Waals surface area (Å²) in [6.45, 7) is 4.65. The van der Waals surface area contributed by atoms with Crippen molar-refractivity contribution in [3.05, 3.63) is 99.2 Å². The second-order valence-electron chi connectivity index (χ2n) is 8.17. The van der Waals surface area contributed by atoms with Gasteiger partial charge in [-0.1, -0.05) is 71.9 Å². The standard InChI is InChI=1S/C26H26/c1-17-11-14-24(22-13-12-19-7-3-4-8-20(19)16-22)26-23-10-6-5-9-21(23)15-18(2)25(17)26/h3-4,6-8,10-11,14-16,25-26H,5,9,12-13H2,1-2H3. The van der Waals surface area contributed by atoms with Gasteiger partial charge in [0.25, 0.3) is 0 Å². The third kappa shape index (κ3) is 2.43. The van der Waals surface area contributed by atoms with Crippen LogP contribution in [0, 0.1) is 11.8 Å². The highest BCUT2D eigenvalue weighted by Gasteiger charge is 2.37. The zero-order chi connectivity index (χ0) is 17.7. The van der Waals surface area contributed by atoms with Crippen molar-refractivity contribution in [3.63, 3.8) is 0 Å². The average Bonchev–Trinajstić information content (AvgIpc) is 2.68. The highest BCUT2D eigenvalue weighted by molar-refractivity contribution is 5.67. The first-order valence-electron chi connectivity index (χ1n) is 9.97. The van der Waals surface area contributed by atoms with E-state index in [9.17, 15) is 0 Å². The lowest BCUT2D eigenvalue weighted by Gasteiger charge is -2.40. The summed E-state index contributed by atoms with van der Waals surface area (Å²) >= 11 is 0. The van der Waals surface area contributed by atoms with E-state index < -0.39 is 0 Å². The van der Waals surface area contributed by atoms with E-state index in [-0.39, 0.29) is 0 Å². The maximum absolute atomic E-state index is 2.48. The second kappa shape index (κ2) is 6.13. The second-order valence-corrected chi connectivity index (χ2v) is 8.17. The minimum absolute atomic E-state index is 0.507. The number of allylic oxidation sites excluding steroid dienone is 11. The Morgan fingerprint density at radius 1 is 0.846 bits per heavy atom. The zero-order valence-electron chi connectivity index (χ0n) is 15.8. The minimum Gasteiger partial charge on any atom is -0.0839 e. The van der Waals surface area contributed by atoms with E-state index in [2.05, 4.69) is 74.6 Å². The topological polar surface area (TPSA) is 0 Å². The Morgan fingerprint density at radius 2 is 1.73 bits per heavy atom. The predicted octanol–water partition coefficient (Wildman–Crippen LogP) is 6.74. The molecule has 0 saturated heterocycles. The fraction of sp³-hybridized carbons (Fsp3) is 0.308. The lowest BCUT2D eigenvalue weighted by atomic mass is 9.63. The van der Waals surface area contributed by atoms with Crippen molar-refractivity contribution >= 4 is 6.08 Å². The Labute approximate surface area is 157 Å². The molecule has 0 heterocycles. The molecule has 0 nitrogen and oxygen atoms in total. The van der Waals surface area contributed by atoms with Gasteiger partial charge in [-0.05, 0) is 73.0 Å². The summed E-state index contributed by atoms with van der Waals surface area (Å²) < 4.78 is 0. The van der Waals surface area contributed by atoms with Crippen LogP contribution in [0.3, 0.4) is 0 Å². The van der Waals surface area contributed by atoms with Gasteiger partial charge in [0.2, 0.25) is 0 Å². The Bertz CT molecular complexity index is 956. The fourth-order valence-electron chi connectivity index (χ4n) is 5.33. The number of rotatable bonds is 1. The van der Waals surface area contributed by atoms with E-state index >= 15 is 0 Å². The van der Waals surface area contributed by atoms with Crippen molar-refractivity contribution in [1.82, 2.24) is 0 Å². The number of hydrogen-bond acceptors (Lipinski definition) is 0. The molecular weight excluding hydrogens is 312 g/mol. The molecule has 0 N–H and O–H groups in total. The van der Waals surface area contributed by atoms with Crippen molar-refractivity contribution in [2.24, 2.45) is 11.8 Å². The zero-order valence-corrected chi connectivity index (χ0v) is 15.8. The Hall–Kier alpha value is -2.34. The molecule has 26 heavy (non-hydrogen) atoms. The van der Waals surface area contributed by atoms with Crippen molar-refractivity contribution in [3.8, 4) is 0 Å². The van der Waals surface area contributed by atoms with Crippen LogP contribution in [-0.2, 0) is 6.42 Å². The molecule has 130 valence electrons. The van der Waals surface area contributed by atoms with Gasteiger partial charge in [0.15, 0.2) is 0 Å². The quantitative estimate of drug-likeness (QED) is 0.532. The van der Waals surface area contributed by atoms with Crippen LogP contribution in [0.2, 0.25) is 0 Å². The first-order chi connectivity index (χ1) is 12.7. The van der Waals surface area contributed by atoms with Crippen LogP contribution in [0.15, 0.2) is 88.1 Å². The van der Waals surface area contributed by atoms with Crippen LogP contribution in [0.4, 0.5) is 0 Å². The number of fused-ring (bicyclic) bond motifs is 3. The first kappa shape index (κ1) is 15.9. The first-order valence-corrected chi connectivity index (χ1v) is 9.97. The molecule has 0 radical (unpaired) electrons. The van der Waals surface area contributed by atoms with Crippen LogP contribution in [0.1, 0.15) is 44.2 Å². The van der Waals surface area contributed by atoms with Gasteiger partial charge in [-0.3, -0.25) is 0 Å². The van der Waals surface area contributed by atoms with E-state index in [1.165, 1.54) is 29.5 Å². The molecule has 0 aliphatic heterocycles. The molecule has 4 aliphatic rings. The lowest BCUT2D eigenvalue weighted by molar-refractivity contribution is 0.533. The van der Waals surface area contributed by atoms with Crippen LogP contribution in [0.5, 0.6) is 0 Å². The van der Waals surface area contributed by atoms with Crippen LogP contribution in [0.25, 0.3) is 6.08 Å². The van der Waals surface area contributed by atoms with Gasteiger partial charge in [-0.2, -0.15) is 0 Å². The summed E-state index contributed by atoms with van der Waals surface area (Å²) in [5.41, 5.74) is 12.2. The van der Waals surface area contributed by atoms with Crippen LogP contribution >= 0.6 is 0 Å². The van der Waals surface area contributed by atoms with E-state index in [0.717, 1.165) is 12.8 Å². The van der Waals surface area contributed by atoms with Crippen molar-refractivity contribution < 1.29 is 0 Å². The molecular formula is C26H26. The molecule has 0 saturated carbocycles. The van der Waals surface area contributed by atoms with E-state index in [1.807, 2.05) is 0 Å². The number of benzene rings is 1. The van der Waals surface area contributed by atoms with Crippen molar-refractivity contribution in [1.29, 1.82) is 0 Å². The molecule has 0 bridgehead atoms. The van der Waals surface area contributed by atoms with Crippen LogP contribution in [-0.4, -0.2) is 0 Å². The number of hydrogen-bond donors (Lipinski definition) is 0. The van der Waals surface area contributed by atoms with Gasteiger partial charge in [0.1, 0.15) is 0 Å². The molecule has 1 aromatic rings. The summed E-state index contributed by atoms with van der Waals surface area (Å²) in [7, 11) is 0. The summed E-state index contributed by atoms with van der Waals surface area (Å²) in [5.74, 6) is 1.04. The summed E-state index contributed by atoms with van der Waals surface area (Å²) in [6, 6.07) is 8.88. The Balaban J connectivity index is 1.64. The maximum atomic E-state index is 2.48. The fourth-order valence-corrected chi connectivity index (χ4v) is 5.33. The highest BCUT2D eigenvalue weighted by atomic mass is 14.4. The van der Waals surface area contributed by atoms with Gasteiger partial charge in [-0.15, -0.1) is 0 Å². The predicted molar refractivity (Wildman–Crippen MR) is 111 cm³/mol. The average molecular weight is 338 g/mol. The van der Waals surface area contributed by atoms with Gasteiger partial charge in [0, 0.05) is 11.8 Å². The third-order valence-corrected chi connectivity index (χ3v) is 6.58. The SMILES string of the molecule is CC1=CC=C(C2=Cc3ccccc3CC2)C2C3=C(C=C(C)C12)CCC=C3. The summed E-state index contributed by atoms with van der Waals surface area (Å²) in [5, 5.41) is 0. The molecule has 0 spiro atoms. The van der Waals surface area contributed by atoms with E-state index in [0.29, 0.717) is 11.8 Å². The maximum Gasteiger partial charge on any atom is 0.0197 e. The molecule has 5 rings (SSSR count). The smallest absolute Gasteiger partial charge is 0.0197 e. The Morgan fingerprint density at radius 3 is 2.65 bits per heavy atom. The van der Waals surface area contributed by atoms with E-state index in [1.54, 1.807) is 27.9 Å². The normalized spacial score (nSPS) is 26.8. The molecule has 0 aromatic heterocycles. The lowest BCUT2D eigenvalue weighted by Crippen LogP contribution is -2.28. The monoisotopic (exact) mass is 338 g/mol. The van der Waals surface area contributed by atoms with Gasteiger partial charge >= 0.3 is 0 Å². The highest BCUT2D eigenvalue weighted by Crippen LogP contribution is 2.50. The van der Waals surface area contributed by atoms with Crippen LogP contribution < -0.4 is 0 Å². The van der Waals surface area contributed by atoms with Gasteiger partial charge in [0.05, 0.1) is 0 Å².